The molecule has 0 aromatic carbocycles. The number of carboxylic acids is 1. The highest BCUT2D eigenvalue weighted by Crippen LogP contribution is 2.10. The number of amides is 2. The van der Waals surface area contributed by atoms with Crippen LogP contribution in [0.25, 0.3) is 0 Å². The van der Waals surface area contributed by atoms with Crippen molar-refractivity contribution < 1.29 is 14.7 Å². The Balaban J connectivity index is 4.57. The maximum atomic E-state index is 12.1. The van der Waals surface area contributed by atoms with E-state index in [1.165, 1.54) is 0 Å². The highest BCUT2D eigenvalue weighted by Gasteiger charge is 2.25. The van der Waals surface area contributed by atoms with E-state index in [2.05, 4.69) is 5.32 Å². The van der Waals surface area contributed by atoms with Gasteiger partial charge in [-0.15, -0.1) is 0 Å². The molecule has 112 valence electrons. The lowest BCUT2D eigenvalue weighted by Gasteiger charge is -2.28. The van der Waals surface area contributed by atoms with Gasteiger partial charge in [0.15, 0.2) is 0 Å². The Labute approximate surface area is 120 Å². The van der Waals surface area contributed by atoms with E-state index in [0.29, 0.717) is 6.42 Å². The molecule has 5 nitrogen and oxygen atoms in total. The molecule has 0 radical (unpaired) electrons. The molecule has 0 saturated heterocycles. The molecule has 6 heteroatoms. The smallest absolute Gasteiger partial charge is 0.326 e. The van der Waals surface area contributed by atoms with Crippen LogP contribution in [-0.4, -0.2) is 53.1 Å². The lowest BCUT2D eigenvalue weighted by Crippen LogP contribution is -2.50. The van der Waals surface area contributed by atoms with Crippen LogP contribution in [0.15, 0.2) is 0 Å². The molecule has 2 atom stereocenters. The standard InChI is InChI=1S/C13H26N2O3S/c1-6-10(8-19-5)15(4)13(18)14-11(12(16)17)7-9(2)3/h9-11H,6-8H2,1-5H3,(H,14,18)(H,16,17)/t10?,11-/m1/s1. The molecule has 0 aliphatic carbocycles. The van der Waals surface area contributed by atoms with Gasteiger partial charge in [-0.05, 0) is 25.0 Å². The molecule has 2 N–H and O–H groups in total. The van der Waals surface area contributed by atoms with Crippen LogP contribution in [0.4, 0.5) is 4.79 Å². The summed E-state index contributed by atoms with van der Waals surface area (Å²) in [5, 5.41) is 11.7. The highest BCUT2D eigenvalue weighted by molar-refractivity contribution is 7.98. The molecule has 1 unspecified atom stereocenters. The quantitative estimate of drug-likeness (QED) is 0.719. The zero-order chi connectivity index (χ0) is 15.0. The normalized spacial score (nSPS) is 14.0. The molecule has 2 amide bonds. The number of carbonyl (C=O) groups is 2. The van der Waals surface area contributed by atoms with Crippen molar-refractivity contribution in [3.05, 3.63) is 0 Å². The minimum atomic E-state index is -0.978. The van der Waals surface area contributed by atoms with Gasteiger partial charge in [-0.25, -0.2) is 9.59 Å². The summed E-state index contributed by atoms with van der Waals surface area (Å²) < 4.78 is 0. The summed E-state index contributed by atoms with van der Waals surface area (Å²) in [6, 6.07) is -1.00. The zero-order valence-electron chi connectivity index (χ0n) is 12.5. The molecule has 0 fully saturated rings. The minimum absolute atomic E-state index is 0.128. The van der Waals surface area contributed by atoms with Crippen LogP contribution >= 0.6 is 11.8 Å². The molecule has 0 spiro atoms. The molecule has 0 aliphatic rings. The fourth-order valence-electron chi connectivity index (χ4n) is 1.81. The monoisotopic (exact) mass is 290 g/mol. The van der Waals surface area contributed by atoms with E-state index in [9.17, 15) is 9.59 Å². The first-order valence-corrected chi connectivity index (χ1v) is 7.97. The molecule has 19 heavy (non-hydrogen) atoms. The van der Waals surface area contributed by atoms with E-state index in [1.54, 1.807) is 23.7 Å². The average molecular weight is 290 g/mol. The van der Waals surface area contributed by atoms with E-state index in [-0.39, 0.29) is 18.0 Å². The molecular weight excluding hydrogens is 264 g/mol. The van der Waals surface area contributed by atoms with Gasteiger partial charge < -0.3 is 15.3 Å². The second-order valence-electron chi connectivity index (χ2n) is 5.10. The van der Waals surface area contributed by atoms with Crippen molar-refractivity contribution in [2.24, 2.45) is 5.92 Å². The number of carbonyl (C=O) groups excluding carboxylic acids is 1. The predicted molar refractivity (Wildman–Crippen MR) is 79.6 cm³/mol. The summed E-state index contributed by atoms with van der Waals surface area (Å²) in [5.74, 6) is 0.0933. The van der Waals surface area contributed by atoms with Crippen LogP contribution in [0.1, 0.15) is 33.6 Å². The number of hydrogen-bond donors (Lipinski definition) is 2. The Morgan fingerprint density at radius 1 is 1.37 bits per heavy atom. The van der Waals surface area contributed by atoms with Crippen molar-refractivity contribution >= 4 is 23.8 Å². The summed E-state index contributed by atoms with van der Waals surface area (Å²) in [6.07, 6.45) is 3.29. The predicted octanol–water partition coefficient (Wildman–Crippen LogP) is 2.27. The maximum absolute atomic E-state index is 12.1. The summed E-state index contributed by atoms with van der Waals surface area (Å²) in [7, 11) is 1.72. The first-order chi connectivity index (χ1) is 8.83. The third kappa shape index (κ3) is 6.71. The van der Waals surface area contributed by atoms with Crippen molar-refractivity contribution in [2.75, 3.05) is 19.1 Å². The van der Waals surface area contributed by atoms with Gasteiger partial charge in [0.25, 0.3) is 0 Å². The number of thioether (sulfide) groups is 1. The lowest BCUT2D eigenvalue weighted by molar-refractivity contribution is -0.139. The summed E-state index contributed by atoms with van der Waals surface area (Å²) in [5.41, 5.74) is 0. The van der Waals surface area contributed by atoms with Crippen LogP contribution in [0, 0.1) is 5.92 Å². The molecule has 0 rings (SSSR count). The second kappa shape index (κ2) is 9.07. The van der Waals surface area contributed by atoms with Gasteiger partial charge in [0.05, 0.1) is 0 Å². The summed E-state index contributed by atoms with van der Waals surface area (Å²) >= 11 is 1.68. The third-order valence-electron chi connectivity index (χ3n) is 3.00. The van der Waals surface area contributed by atoms with Crippen molar-refractivity contribution in [1.82, 2.24) is 10.2 Å². The average Bonchev–Trinajstić information content (AvgIpc) is 2.33. The van der Waals surface area contributed by atoms with E-state index in [1.807, 2.05) is 27.0 Å². The first kappa shape index (κ1) is 18.1. The van der Waals surface area contributed by atoms with E-state index in [4.69, 9.17) is 5.11 Å². The van der Waals surface area contributed by atoms with Crippen molar-refractivity contribution in [3.63, 3.8) is 0 Å². The first-order valence-electron chi connectivity index (χ1n) is 6.58. The molecule has 0 aromatic heterocycles. The van der Waals surface area contributed by atoms with Crippen molar-refractivity contribution in [3.8, 4) is 0 Å². The number of carboxylic acid groups (broad SMARTS) is 1. The Kier molecular flexibility index (Phi) is 8.63. The van der Waals surface area contributed by atoms with Crippen LogP contribution in [-0.2, 0) is 4.79 Å². The van der Waals surface area contributed by atoms with E-state index >= 15 is 0 Å². The summed E-state index contributed by atoms with van der Waals surface area (Å²) in [6.45, 7) is 5.90. The van der Waals surface area contributed by atoms with Crippen LogP contribution < -0.4 is 5.32 Å². The lowest BCUT2D eigenvalue weighted by atomic mass is 10.0. The molecule has 0 heterocycles. The number of rotatable bonds is 8. The van der Waals surface area contributed by atoms with E-state index in [0.717, 1.165) is 12.2 Å². The van der Waals surface area contributed by atoms with Gasteiger partial charge in [-0.3, -0.25) is 0 Å². The Morgan fingerprint density at radius 3 is 2.32 bits per heavy atom. The van der Waals surface area contributed by atoms with Crippen molar-refractivity contribution in [1.29, 1.82) is 0 Å². The number of nitrogens with one attached hydrogen (secondary N) is 1. The number of hydrogen-bond acceptors (Lipinski definition) is 3. The molecule has 0 aliphatic heterocycles. The number of nitrogens with zero attached hydrogens (tertiary/aromatic N) is 1. The molecular formula is C13H26N2O3S. The second-order valence-corrected chi connectivity index (χ2v) is 6.01. The Bertz CT molecular complexity index is 298. The number of urea groups is 1. The highest BCUT2D eigenvalue weighted by atomic mass is 32.2. The third-order valence-corrected chi connectivity index (χ3v) is 3.72. The van der Waals surface area contributed by atoms with Gasteiger partial charge in [-0.2, -0.15) is 11.8 Å². The van der Waals surface area contributed by atoms with E-state index < -0.39 is 12.0 Å². The molecule has 0 saturated carbocycles. The Hall–Kier alpha value is -0.910. The van der Waals surface area contributed by atoms with Crippen LogP contribution in [0.3, 0.4) is 0 Å². The van der Waals surface area contributed by atoms with Gasteiger partial charge in [0, 0.05) is 18.8 Å². The largest absolute Gasteiger partial charge is 0.480 e. The zero-order valence-corrected chi connectivity index (χ0v) is 13.3. The van der Waals surface area contributed by atoms with Crippen molar-refractivity contribution in [2.45, 2.75) is 45.7 Å². The van der Waals surface area contributed by atoms with Gasteiger partial charge in [-0.1, -0.05) is 20.8 Å². The minimum Gasteiger partial charge on any atom is -0.480 e. The topological polar surface area (TPSA) is 69.6 Å². The van der Waals surface area contributed by atoms with Gasteiger partial charge in [0.1, 0.15) is 6.04 Å². The number of aliphatic carboxylic acids is 1. The fourth-order valence-corrected chi connectivity index (χ4v) is 2.65. The van der Waals surface area contributed by atoms with Gasteiger partial charge in [0.2, 0.25) is 0 Å². The maximum Gasteiger partial charge on any atom is 0.326 e. The molecule has 0 aromatic rings. The summed E-state index contributed by atoms with van der Waals surface area (Å²) in [4.78, 5) is 24.8. The van der Waals surface area contributed by atoms with Gasteiger partial charge >= 0.3 is 12.0 Å². The van der Waals surface area contributed by atoms with Crippen LogP contribution in [0.5, 0.6) is 0 Å². The Morgan fingerprint density at radius 2 is 1.95 bits per heavy atom. The van der Waals surface area contributed by atoms with Crippen LogP contribution in [0.2, 0.25) is 0 Å². The fraction of sp³-hybridized carbons (Fsp3) is 0.846. The molecule has 0 bridgehead atoms. The SMILES string of the molecule is CCC(CSC)N(C)C(=O)N[C@H](CC(C)C)C(=O)O.